The van der Waals surface area contributed by atoms with Gasteiger partial charge in [0.05, 0.1) is 42.6 Å². The highest BCUT2D eigenvalue weighted by Gasteiger charge is 2.86. The summed E-state index contributed by atoms with van der Waals surface area (Å²) in [6.07, 6.45) is 19.6. The third kappa shape index (κ3) is 8.03. The number of allylic oxidation sites excluding steroid dienone is 2. The number of rotatable bonds is 7. The molecule has 454 valence electrons. The Morgan fingerprint density at radius 2 is 1.10 bits per heavy atom. The molecule has 15 rings (SSSR count). The molecule has 2 aromatic carbocycles. The largest absolute Gasteiger partial charge is 0.469 e. The molecule has 22 atom stereocenters. The average Bonchev–Trinajstić information content (AvgIpc) is 1.47. The summed E-state index contributed by atoms with van der Waals surface area (Å²) in [5, 5.41) is 0. The van der Waals surface area contributed by atoms with E-state index in [1.807, 2.05) is 71.6 Å². The first-order valence-corrected chi connectivity index (χ1v) is 33.3. The summed E-state index contributed by atoms with van der Waals surface area (Å²) in [4.78, 5) is 69.2. The minimum atomic E-state index is -0.468. The number of Topliss-reactive ketones (excluding diaryl/α,β-unsaturated/α-hetero) is 1. The third-order valence-electron chi connectivity index (χ3n) is 28.1. The van der Waals surface area contributed by atoms with Crippen LogP contribution in [0.3, 0.4) is 0 Å². The van der Waals surface area contributed by atoms with Gasteiger partial charge in [-0.05, 0) is 177 Å². The maximum atomic E-state index is 13.6. The van der Waals surface area contributed by atoms with Gasteiger partial charge in [-0.25, -0.2) is 9.59 Å². The minimum Gasteiger partial charge on any atom is -0.469 e. The highest BCUT2D eigenvalue weighted by atomic mass is 16.6. The fourth-order valence-corrected chi connectivity index (χ4v) is 24.0. The molecule has 9 aliphatic carbocycles. The van der Waals surface area contributed by atoms with Crippen LogP contribution in [0.4, 0.5) is 9.59 Å². The van der Waals surface area contributed by atoms with Gasteiger partial charge < -0.3 is 33.5 Å². The second-order valence-corrected chi connectivity index (χ2v) is 31.3. The first-order valence-electron chi connectivity index (χ1n) is 33.3. The number of piperidine rings is 2. The van der Waals surface area contributed by atoms with Gasteiger partial charge in [-0.1, -0.05) is 122 Å². The molecule has 12 nitrogen and oxygen atoms in total. The van der Waals surface area contributed by atoms with Crippen molar-refractivity contribution in [3.8, 4) is 0 Å². The van der Waals surface area contributed by atoms with E-state index < -0.39 is 5.41 Å². The highest BCUT2D eigenvalue weighted by molar-refractivity contribution is 5.91. The van der Waals surface area contributed by atoms with Crippen LogP contribution in [-0.2, 0) is 51.3 Å². The van der Waals surface area contributed by atoms with E-state index in [1.165, 1.54) is 38.4 Å². The molecule has 4 aliphatic heterocycles. The van der Waals surface area contributed by atoms with Gasteiger partial charge in [-0.3, -0.25) is 14.4 Å². The van der Waals surface area contributed by atoms with Gasteiger partial charge in [0.1, 0.15) is 19.0 Å². The zero-order valence-corrected chi connectivity index (χ0v) is 52.0. The van der Waals surface area contributed by atoms with Crippen molar-refractivity contribution in [1.82, 2.24) is 9.80 Å². The molecule has 4 heterocycles. The molecule has 0 bridgehead atoms. The quantitative estimate of drug-likeness (QED) is 0.195. The number of likely N-dealkylation sites (tertiary alicyclic amines) is 2. The Kier molecular flexibility index (Phi) is 13.6. The lowest BCUT2D eigenvalue weighted by atomic mass is 9.56. The van der Waals surface area contributed by atoms with Crippen LogP contribution in [0, 0.1) is 91.7 Å². The number of nitrogens with zero attached hydrogens (tertiary/aromatic N) is 2. The van der Waals surface area contributed by atoms with E-state index in [0.29, 0.717) is 84.9 Å². The molecule has 2 amide bonds. The number of hydrogen-bond donors (Lipinski definition) is 0. The lowest BCUT2D eigenvalue weighted by Gasteiger charge is -2.50. The number of benzene rings is 2. The van der Waals surface area contributed by atoms with Crippen molar-refractivity contribution in [2.24, 2.45) is 91.7 Å². The standard InChI is InChI=1S/C36H49NO6.C36H47NO4/c1-22-17-28-31(37(19-22)32(40)42-20-24-9-7-6-8-10-24)23(2)36(43-28)16-13-26-25-11-12-29(38)33(3,15-14-30(39)41-5)27(25)18-35(26)21-34(35,36)4;1-22-16-30-31(37(19-22)32(39)40-20-24-8-6-5-7-9-24)23(2)36(41-30)15-13-28-27-11-10-25-17-26(38)12-14-33(25,3)29(27)18-35(28)21-34(35,36)4/h6-10,22-23,25-28,31H,11-21H2,1-5H3;5-9,17,22-23,27-31H,10-16,18-21H2,1-4H3/t22-,23+,25-,26-,27-,28+,31-,33+,34+,35+,36+;22-,23+,27-,28-,29-,30+,31-,33-,34+,35+,36+/m00/s1. The van der Waals surface area contributed by atoms with Crippen LogP contribution in [0.5, 0.6) is 0 Å². The average molecular weight is 1150 g/mol. The van der Waals surface area contributed by atoms with Gasteiger partial charge in [0.15, 0.2) is 5.78 Å². The highest BCUT2D eigenvalue weighted by Crippen LogP contribution is 2.89. The van der Waals surface area contributed by atoms with E-state index in [9.17, 15) is 24.0 Å². The SMILES string of the molecule is COC(=O)CC[C@@]1(C)C(=O)CC[C@H]2[C@@H]3CC[C@]4(O[C@@H]5C[C@H](C)CN(C(=O)OCc6ccccc6)[C@H]5[C@H]4C)[C@]4(C)C[C@]34C[C@@H]21.C[C@H]1C[C@H]2O[C@]3(CC[C@H]4[C@@H]5CCC6=CC(=O)CC[C@]6(C)[C@H]5C[C@@]45C[C@]53C)[C@H](C)[C@@H]2N(C(=O)OCc2ccccc2)C1. The molecule has 0 aromatic heterocycles. The van der Waals surface area contributed by atoms with Crippen LogP contribution in [0.2, 0.25) is 0 Å². The van der Waals surface area contributed by atoms with Crippen molar-refractivity contribution in [3.05, 3.63) is 83.4 Å². The van der Waals surface area contributed by atoms with Crippen molar-refractivity contribution >= 4 is 29.7 Å². The Balaban J connectivity index is 0.000000149. The normalized spacial score (nSPS) is 47.7. The van der Waals surface area contributed by atoms with Crippen LogP contribution in [0.15, 0.2) is 72.3 Å². The smallest absolute Gasteiger partial charge is 0.410 e. The molecule has 4 saturated heterocycles. The van der Waals surface area contributed by atoms with Gasteiger partial charge in [0, 0.05) is 60.4 Å². The molecule has 12 heteroatoms. The van der Waals surface area contributed by atoms with Gasteiger partial charge in [-0.2, -0.15) is 0 Å². The maximum absolute atomic E-state index is 13.6. The molecule has 8 saturated carbocycles. The summed E-state index contributed by atoms with van der Waals surface area (Å²) in [6, 6.07) is 20.0. The molecule has 0 N–H and O–H groups in total. The Morgan fingerprint density at radius 3 is 1.61 bits per heavy atom. The third-order valence-corrected chi connectivity index (χ3v) is 28.1. The van der Waals surface area contributed by atoms with Gasteiger partial charge in [0.25, 0.3) is 0 Å². The molecular formula is C72H96N2O10. The molecule has 13 aliphatic rings. The number of methoxy groups -OCH3 is 1. The van der Waals surface area contributed by atoms with Crippen molar-refractivity contribution in [2.45, 2.75) is 220 Å². The predicted octanol–water partition coefficient (Wildman–Crippen LogP) is 13.9. The summed E-state index contributed by atoms with van der Waals surface area (Å²) < 4.78 is 31.5. The number of carbonyl (C=O) groups excluding carboxylic acids is 5. The number of amides is 2. The molecule has 4 spiro atoms. The van der Waals surface area contributed by atoms with Gasteiger partial charge >= 0.3 is 18.2 Å². The van der Waals surface area contributed by atoms with E-state index in [1.54, 1.807) is 0 Å². The Morgan fingerprint density at radius 1 is 0.607 bits per heavy atom. The van der Waals surface area contributed by atoms with E-state index in [-0.39, 0.29) is 93.8 Å². The number of fused-ring (bicyclic) bond motifs is 10. The fourth-order valence-electron chi connectivity index (χ4n) is 24.0. The first kappa shape index (κ1) is 57.2. The fraction of sp³-hybridized carbons (Fsp3) is 0.736. The lowest BCUT2D eigenvalue weighted by Crippen LogP contribution is -2.56. The lowest BCUT2D eigenvalue weighted by molar-refractivity contribution is -0.149. The van der Waals surface area contributed by atoms with Crippen molar-refractivity contribution in [2.75, 3.05) is 20.2 Å². The summed E-state index contributed by atoms with van der Waals surface area (Å²) in [6.45, 7) is 20.9. The van der Waals surface area contributed by atoms with Crippen LogP contribution in [0.1, 0.15) is 182 Å². The summed E-state index contributed by atoms with van der Waals surface area (Å²) in [5.74, 6) is 5.39. The van der Waals surface area contributed by atoms with E-state index >= 15 is 0 Å². The number of ketones is 2. The molecule has 2 aromatic rings. The maximum Gasteiger partial charge on any atom is 0.410 e. The van der Waals surface area contributed by atoms with Crippen LogP contribution >= 0.6 is 0 Å². The molecule has 12 fully saturated rings. The monoisotopic (exact) mass is 1150 g/mol. The second kappa shape index (κ2) is 20.0. The zero-order valence-electron chi connectivity index (χ0n) is 52.0. The van der Waals surface area contributed by atoms with E-state index in [4.69, 9.17) is 23.7 Å². The topological polar surface area (TPSA) is 138 Å². The molecule has 0 radical (unpaired) electrons. The minimum absolute atomic E-state index is 0.0149. The summed E-state index contributed by atoms with van der Waals surface area (Å²) in [5.41, 5.74) is 3.46. The zero-order chi connectivity index (χ0) is 58.7. The van der Waals surface area contributed by atoms with Crippen LogP contribution < -0.4 is 0 Å². The second-order valence-electron chi connectivity index (χ2n) is 31.3. The number of esters is 1. The Bertz CT molecular complexity index is 3000. The van der Waals surface area contributed by atoms with Crippen LogP contribution in [-0.4, -0.2) is 95.2 Å². The van der Waals surface area contributed by atoms with E-state index in [0.717, 1.165) is 100 Å². The molecule has 84 heavy (non-hydrogen) atoms. The first-order chi connectivity index (χ1) is 40.1. The summed E-state index contributed by atoms with van der Waals surface area (Å²) in [7, 11) is 1.43. The number of carbonyl (C=O) groups is 5. The molecular weight excluding hydrogens is 1050 g/mol. The molecule has 0 unspecified atom stereocenters. The van der Waals surface area contributed by atoms with Crippen molar-refractivity contribution in [1.29, 1.82) is 0 Å². The predicted molar refractivity (Wildman–Crippen MR) is 318 cm³/mol. The number of hydrogen-bond acceptors (Lipinski definition) is 10. The van der Waals surface area contributed by atoms with Crippen molar-refractivity contribution < 1.29 is 47.7 Å². The van der Waals surface area contributed by atoms with Gasteiger partial charge in [-0.15, -0.1) is 0 Å². The summed E-state index contributed by atoms with van der Waals surface area (Å²) >= 11 is 0. The Hall–Kier alpha value is -4.55. The van der Waals surface area contributed by atoms with Gasteiger partial charge in [0.2, 0.25) is 0 Å². The van der Waals surface area contributed by atoms with Crippen molar-refractivity contribution in [3.63, 3.8) is 0 Å². The van der Waals surface area contributed by atoms with E-state index in [2.05, 4.69) is 60.3 Å². The number of ether oxygens (including phenoxy) is 5. The Labute approximate surface area is 500 Å². The van der Waals surface area contributed by atoms with Crippen LogP contribution in [0.25, 0.3) is 0 Å².